The molecule has 0 rings (SSSR count). The van der Waals surface area contributed by atoms with Crippen LogP contribution in [-0.4, -0.2) is 37.2 Å². The molecular weight excluding hydrogens is 636 g/mol. The first-order valence-electron chi connectivity index (χ1n) is 22.2. The molecule has 0 saturated carbocycles. The number of esters is 3. The first-order valence-corrected chi connectivity index (χ1v) is 22.2. The van der Waals surface area contributed by atoms with Gasteiger partial charge in [0.25, 0.3) is 0 Å². The van der Waals surface area contributed by atoms with Gasteiger partial charge in [-0.3, -0.25) is 14.4 Å². The molecular formula is C45H86O6. The fourth-order valence-corrected chi connectivity index (χ4v) is 6.58. The van der Waals surface area contributed by atoms with Crippen molar-refractivity contribution in [3.8, 4) is 0 Å². The number of carbonyl (C=O) groups is 3. The molecule has 6 heteroatoms. The molecule has 0 aromatic carbocycles. The van der Waals surface area contributed by atoms with E-state index >= 15 is 0 Å². The van der Waals surface area contributed by atoms with Crippen LogP contribution in [0.4, 0.5) is 0 Å². The van der Waals surface area contributed by atoms with Crippen LogP contribution in [0.25, 0.3) is 0 Å². The van der Waals surface area contributed by atoms with Crippen molar-refractivity contribution in [3.63, 3.8) is 0 Å². The molecule has 0 heterocycles. The average molecular weight is 723 g/mol. The zero-order chi connectivity index (χ0) is 37.6. The smallest absolute Gasteiger partial charge is 0.306 e. The number of rotatable bonds is 39. The number of hydrogen-bond acceptors (Lipinski definition) is 6. The number of unbranched alkanes of at least 4 members (excludes halogenated alkanes) is 24. The summed E-state index contributed by atoms with van der Waals surface area (Å²) in [5, 5.41) is 0. The number of ether oxygens (including phenoxy) is 3. The van der Waals surface area contributed by atoms with Gasteiger partial charge in [0.1, 0.15) is 13.2 Å². The Bertz CT molecular complexity index is 779. The molecule has 0 aliphatic heterocycles. The van der Waals surface area contributed by atoms with Gasteiger partial charge < -0.3 is 14.2 Å². The monoisotopic (exact) mass is 723 g/mol. The lowest BCUT2D eigenvalue weighted by molar-refractivity contribution is -0.167. The van der Waals surface area contributed by atoms with Gasteiger partial charge in [-0.25, -0.2) is 0 Å². The molecule has 0 saturated heterocycles. The molecule has 51 heavy (non-hydrogen) atoms. The van der Waals surface area contributed by atoms with Crippen LogP contribution in [0.3, 0.4) is 0 Å². The maximum Gasteiger partial charge on any atom is 0.306 e. The molecule has 0 amide bonds. The molecule has 0 N–H and O–H groups in total. The topological polar surface area (TPSA) is 78.9 Å². The van der Waals surface area contributed by atoms with E-state index < -0.39 is 6.10 Å². The van der Waals surface area contributed by atoms with Crippen molar-refractivity contribution in [1.82, 2.24) is 0 Å². The van der Waals surface area contributed by atoms with Gasteiger partial charge in [-0.1, -0.05) is 202 Å². The van der Waals surface area contributed by atoms with Crippen LogP contribution in [-0.2, 0) is 28.6 Å². The molecule has 0 aliphatic carbocycles. The predicted octanol–water partition coefficient (Wildman–Crippen LogP) is 13.8. The summed E-state index contributed by atoms with van der Waals surface area (Å²) in [6.45, 7) is 11.2. The van der Waals surface area contributed by atoms with Gasteiger partial charge in [0, 0.05) is 19.3 Å². The van der Waals surface area contributed by atoms with Crippen LogP contribution in [0, 0.1) is 11.8 Å². The van der Waals surface area contributed by atoms with Crippen molar-refractivity contribution >= 4 is 17.9 Å². The lowest BCUT2D eigenvalue weighted by Gasteiger charge is -2.18. The summed E-state index contributed by atoms with van der Waals surface area (Å²) < 4.78 is 16.6. The van der Waals surface area contributed by atoms with Gasteiger partial charge in [0.05, 0.1) is 0 Å². The quantitative estimate of drug-likeness (QED) is 0.0357. The number of carbonyl (C=O) groups excluding carboxylic acids is 3. The van der Waals surface area contributed by atoms with E-state index in [9.17, 15) is 14.4 Å². The molecule has 0 aromatic heterocycles. The van der Waals surface area contributed by atoms with Crippen molar-refractivity contribution in [1.29, 1.82) is 0 Å². The van der Waals surface area contributed by atoms with E-state index in [1.165, 1.54) is 128 Å². The van der Waals surface area contributed by atoms with Gasteiger partial charge in [-0.15, -0.1) is 0 Å². The van der Waals surface area contributed by atoms with Crippen LogP contribution in [0.15, 0.2) is 0 Å². The van der Waals surface area contributed by atoms with E-state index in [4.69, 9.17) is 14.2 Å². The maximum absolute atomic E-state index is 12.6. The largest absolute Gasteiger partial charge is 0.462 e. The Labute approximate surface area is 317 Å². The predicted molar refractivity (Wildman–Crippen MR) is 215 cm³/mol. The Kier molecular flexibility index (Phi) is 37.0. The maximum atomic E-state index is 12.6. The van der Waals surface area contributed by atoms with Crippen LogP contribution in [0.1, 0.15) is 240 Å². The second-order valence-electron chi connectivity index (χ2n) is 16.3. The van der Waals surface area contributed by atoms with Crippen molar-refractivity contribution in [2.45, 2.75) is 246 Å². The molecule has 302 valence electrons. The molecule has 0 spiro atoms. The summed E-state index contributed by atoms with van der Waals surface area (Å²) in [6.07, 6.45) is 35.4. The molecule has 0 bridgehead atoms. The van der Waals surface area contributed by atoms with Crippen LogP contribution >= 0.6 is 0 Å². The Balaban J connectivity index is 4.18. The summed E-state index contributed by atoms with van der Waals surface area (Å²) >= 11 is 0. The lowest BCUT2D eigenvalue weighted by Crippen LogP contribution is -2.30. The van der Waals surface area contributed by atoms with E-state index in [-0.39, 0.29) is 31.1 Å². The van der Waals surface area contributed by atoms with Gasteiger partial charge in [-0.2, -0.15) is 0 Å². The van der Waals surface area contributed by atoms with E-state index in [0.29, 0.717) is 19.3 Å². The molecule has 0 unspecified atom stereocenters. The summed E-state index contributed by atoms with van der Waals surface area (Å²) in [5.41, 5.74) is 0. The third-order valence-corrected chi connectivity index (χ3v) is 9.97. The Hall–Kier alpha value is -1.59. The van der Waals surface area contributed by atoms with E-state index in [2.05, 4.69) is 34.6 Å². The third kappa shape index (κ3) is 39.5. The fourth-order valence-electron chi connectivity index (χ4n) is 6.58. The van der Waals surface area contributed by atoms with Gasteiger partial charge in [0.2, 0.25) is 0 Å². The van der Waals surface area contributed by atoms with Crippen LogP contribution in [0.2, 0.25) is 0 Å². The Morgan fingerprint density at radius 2 is 0.647 bits per heavy atom. The number of hydrogen-bond donors (Lipinski definition) is 0. The van der Waals surface area contributed by atoms with Crippen molar-refractivity contribution in [2.75, 3.05) is 13.2 Å². The molecule has 6 nitrogen and oxygen atoms in total. The van der Waals surface area contributed by atoms with Gasteiger partial charge >= 0.3 is 17.9 Å². The van der Waals surface area contributed by atoms with Crippen LogP contribution < -0.4 is 0 Å². The second kappa shape index (κ2) is 38.1. The fraction of sp³-hybridized carbons (Fsp3) is 0.933. The molecule has 0 aromatic rings. The lowest BCUT2D eigenvalue weighted by atomic mass is 10.0. The highest BCUT2D eigenvalue weighted by Gasteiger charge is 2.19. The minimum atomic E-state index is -0.759. The van der Waals surface area contributed by atoms with Crippen molar-refractivity contribution < 1.29 is 28.6 Å². The van der Waals surface area contributed by atoms with E-state index in [0.717, 1.165) is 69.6 Å². The SMILES string of the molecule is CCCCCCCCCC(=O)O[C@@H](COC(=O)CCCCCCCCCCCCCCCCC(C)C)COC(=O)CCCCCCCCC(C)C. The second-order valence-corrected chi connectivity index (χ2v) is 16.3. The zero-order valence-corrected chi connectivity index (χ0v) is 34.7. The first-order chi connectivity index (χ1) is 24.7. The van der Waals surface area contributed by atoms with Gasteiger partial charge in [0.15, 0.2) is 6.10 Å². The zero-order valence-electron chi connectivity index (χ0n) is 34.7. The normalized spacial score (nSPS) is 12.1. The van der Waals surface area contributed by atoms with Crippen molar-refractivity contribution in [3.05, 3.63) is 0 Å². The minimum absolute atomic E-state index is 0.0661. The average Bonchev–Trinajstić information content (AvgIpc) is 3.09. The molecule has 0 radical (unpaired) electrons. The Morgan fingerprint density at radius 1 is 0.373 bits per heavy atom. The molecule has 1 atom stereocenters. The molecule has 0 fully saturated rings. The highest BCUT2D eigenvalue weighted by atomic mass is 16.6. The Morgan fingerprint density at radius 3 is 0.961 bits per heavy atom. The molecule has 0 aliphatic rings. The van der Waals surface area contributed by atoms with E-state index in [1.807, 2.05) is 0 Å². The first kappa shape index (κ1) is 49.4. The third-order valence-electron chi connectivity index (χ3n) is 9.97. The van der Waals surface area contributed by atoms with Crippen molar-refractivity contribution in [2.24, 2.45) is 11.8 Å². The summed E-state index contributed by atoms with van der Waals surface area (Å²) in [4.78, 5) is 37.5. The van der Waals surface area contributed by atoms with Gasteiger partial charge in [-0.05, 0) is 31.1 Å². The highest BCUT2D eigenvalue weighted by molar-refractivity contribution is 5.71. The summed E-state index contributed by atoms with van der Waals surface area (Å²) in [6, 6.07) is 0. The standard InChI is InChI=1S/C45H86O6/c1-6-7-8-9-18-27-32-37-45(48)51-42(39-50-44(47)36-31-26-22-21-24-29-34-41(4)5)38-49-43(46)35-30-25-20-17-15-13-11-10-12-14-16-19-23-28-33-40(2)3/h40-42H,6-39H2,1-5H3/t42-/m0/s1. The minimum Gasteiger partial charge on any atom is -0.462 e. The summed E-state index contributed by atoms with van der Waals surface area (Å²) in [7, 11) is 0. The highest BCUT2D eigenvalue weighted by Crippen LogP contribution is 2.16. The van der Waals surface area contributed by atoms with Crippen LogP contribution in [0.5, 0.6) is 0 Å². The van der Waals surface area contributed by atoms with E-state index in [1.54, 1.807) is 0 Å². The summed E-state index contributed by atoms with van der Waals surface area (Å²) in [5.74, 6) is 0.739.